The summed E-state index contributed by atoms with van der Waals surface area (Å²) in [4.78, 5) is 4.06. The summed E-state index contributed by atoms with van der Waals surface area (Å²) in [5.41, 5.74) is 4.23. The number of aromatic nitrogens is 3. The maximum atomic E-state index is 9.99. The van der Waals surface area contributed by atoms with Crippen LogP contribution in [0.2, 0.25) is 0 Å². The summed E-state index contributed by atoms with van der Waals surface area (Å²) in [6, 6.07) is 18.0. The second kappa shape index (κ2) is 6.60. The molecule has 0 aliphatic carbocycles. The van der Waals surface area contributed by atoms with Crippen molar-refractivity contribution in [3.63, 3.8) is 0 Å². The van der Waals surface area contributed by atoms with Crippen LogP contribution in [0.25, 0.3) is 22.4 Å². The number of hydrogen-bond donors (Lipinski definition) is 4. The van der Waals surface area contributed by atoms with Crippen LogP contribution < -0.4 is 5.32 Å². The zero-order valence-corrected chi connectivity index (χ0v) is 13.7. The van der Waals surface area contributed by atoms with Gasteiger partial charge in [-0.15, -0.1) is 0 Å². The van der Waals surface area contributed by atoms with Crippen LogP contribution >= 0.6 is 0 Å². The van der Waals surface area contributed by atoms with Gasteiger partial charge in [-0.2, -0.15) is 5.10 Å². The molecule has 0 unspecified atom stereocenters. The molecule has 0 radical (unpaired) electrons. The number of rotatable bonds is 4. The number of anilines is 2. The van der Waals surface area contributed by atoms with Crippen molar-refractivity contribution in [2.24, 2.45) is 0 Å². The number of aromatic amines is 1. The van der Waals surface area contributed by atoms with Crippen LogP contribution in [0.3, 0.4) is 0 Å². The molecule has 0 atom stereocenters. The zero-order chi connectivity index (χ0) is 17.9. The van der Waals surface area contributed by atoms with Gasteiger partial charge in [0.1, 0.15) is 11.5 Å². The Bertz CT molecular complexity index is 1030. The number of phenols is 2. The average molecular weight is 344 g/mol. The van der Waals surface area contributed by atoms with Crippen LogP contribution in [0, 0.1) is 0 Å². The molecule has 0 saturated carbocycles. The number of nitrogens with zero attached hydrogens (tertiary/aromatic N) is 2. The molecule has 6 nitrogen and oxygen atoms in total. The van der Waals surface area contributed by atoms with E-state index in [1.165, 1.54) is 6.07 Å². The number of aromatic hydroxyl groups is 2. The molecule has 4 aromatic rings. The van der Waals surface area contributed by atoms with Gasteiger partial charge in [-0.3, -0.25) is 10.1 Å². The third kappa shape index (κ3) is 3.21. The summed E-state index contributed by atoms with van der Waals surface area (Å²) in [5, 5.41) is 29.8. The molecule has 6 heteroatoms. The second-order valence-corrected chi connectivity index (χ2v) is 5.81. The van der Waals surface area contributed by atoms with Crippen LogP contribution in [0.5, 0.6) is 11.5 Å². The summed E-state index contributed by atoms with van der Waals surface area (Å²) in [7, 11) is 0. The van der Waals surface area contributed by atoms with E-state index in [4.69, 9.17) is 0 Å². The van der Waals surface area contributed by atoms with E-state index < -0.39 is 0 Å². The SMILES string of the molecule is Oc1ccc(-c2ccc(-c3cc(Nc4cccnc4)n[nH]3)cc2)c(O)c1. The summed E-state index contributed by atoms with van der Waals surface area (Å²) >= 11 is 0. The van der Waals surface area contributed by atoms with E-state index >= 15 is 0 Å². The van der Waals surface area contributed by atoms with Crippen molar-refractivity contribution in [3.8, 4) is 33.9 Å². The standard InChI is InChI=1S/C20H16N4O2/c25-16-7-8-17(19(26)10-16)13-3-5-14(6-4-13)18-11-20(24-23-18)22-15-2-1-9-21-12-15/h1-12,25-26H,(H2,22,23,24). The first-order chi connectivity index (χ1) is 12.7. The van der Waals surface area contributed by atoms with Gasteiger partial charge in [-0.1, -0.05) is 24.3 Å². The fraction of sp³-hybridized carbons (Fsp3) is 0. The number of benzene rings is 2. The van der Waals surface area contributed by atoms with E-state index in [1.807, 2.05) is 42.5 Å². The lowest BCUT2D eigenvalue weighted by Gasteiger charge is -2.06. The molecule has 0 amide bonds. The number of hydrogen-bond acceptors (Lipinski definition) is 5. The van der Waals surface area contributed by atoms with Crippen molar-refractivity contribution in [2.45, 2.75) is 0 Å². The number of H-pyrrole nitrogens is 1. The maximum absolute atomic E-state index is 9.99. The highest BCUT2D eigenvalue weighted by Crippen LogP contribution is 2.33. The van der Waals surface area contributed by atoms with Gasteiger partial charge in [0.15, 0.2) is 5.82 Å². The largest absolute Gasteiger partial charge is 0.508 e. The Morgan fingerprint density at radius 3 is 2.42 bits per heavy atom. The predicted octanol–water partition coefficient (Wildman–Crippen LogP) is 4.29. The Balaban J connectivity index is 1.56. The molecule has 0 aliphatic heterocycles. The molecule has 2 heterocycles. The molecule has 2 aromatic carbocycles. The topological polar surface area (TPSA) is 94.1 Å². The summed E-state index contributed by atoms with van der Waals surface area (Å²) in [5.74, 6) is 0.782. The van der Waals surface area contributed by atoms with Gasteiger partial charge in [-0.05, 0) is 35.4 Å². The minimum absolute atomic E-state index is 0.0361. The van der Waals surface area contributed by atoms with Crippen molar-refractivity contribution < 1.29 is 10.2 Å². The van der Waals surface area contributed by atoms with E-state index in [0.717, 1.165) is 22.5 Å². The highest BCUT2D eigenvalue weighted by atomic mass is 16.3. The van der Waals surface area contributed by atoms with Crippen LogP contribution in [0.15, 0.2) is 73.1 Å². The van der Waals surface area contributed by atoms with Gasteiger partial charge in [0, 0.05) is 23.9 Å². The van der Waals surface area contributed by atoms with Gasteiger partial charge in [0.2, 0.25) is 0 Å². The lowest BCUT2D eigenvalue weighted by Crippen LogP contribution is -1.90. The van der Waals surface area contributed by atoms with Crippen LogP contribution in [0.1, 0.15) is 0 Å². The van der Waals surface area contributed by atoms with Crippen molar-refractivity contribution >= 4 is 11.5 Å². The molecule has 4 N–H and O–H groups in total. The number of phenolic OH excluding ortho intramolecular Hbond substituents is 2. The van der Waals surface area contributed by atoms with Crippen molar-refractivity contribution in [1.29, 1.82) is 0 Å². The van der Waals surface area contributed by atoms with Crippen LogP contribution in [0.4, 0.5) is 11.5 Å². The van der Waals surface area contributed by atoms with Crippen molar-refractivity contribution in [2.75, 3.05) is 5.32 Å². The number of nitrogens with one attached hydrogen (secondary N) is 2. The average Bonchev–Trinajstić information content (AvgIpc) is 3.11. The summed E-state index contributed by atoms with van der Waals surface area (Å²) in [6.07, 6.45) is 3.45. The minimum atomic E-state index is 0.0361. The van der Waals surface area contributed by atoms with Crippen molar-refractivity contribution in [3.05, 3.63) is 73.1 Å². The smallest absolute Gasteiger partial charge is 0.152 e. The Morgan fingerprint density at radius 2 is 1.69 bits per heavy atom. The normalized spacial score (nSPS) is 10.6. The van der Waals surface area contributed by atoms with Gasteiger partial charge in [-0.25, -0.2) is 0 Å². The quantitative estimate of drug-likeness (QED) is 0.443. The summed E-state index contributed by atoms with van der Waals surface area (Å²) < 4.78 is 0. The molecule has 128 valence electrons. The Kier molecular flexibility index (Phi) is 3.99. The highest BCUT2D eigenvalue weighted by molar-refractivity contribution is 5.74. The highest BCUT2D eigenvalue weighted by Gasteiger charge is 2.08. The van der Waals surface area contributed by atoms with E-state index in [9.17, 15) is 10.2 Å². The lowest BCUT2D eigenvalue weighted by molar-refractivity contribution is 0.452. The molecule has 0 saturated heterocycles. The third-order valence-corrected chi connectivity index (χ3v) is 4.00. The van der Waals surface area contributed by atoms with Gasteiger partial charge in [0.05, 0.1) is 17.6 Å². The van der Waals surface area contributed by atoms with E-state index in [0.29, 0.717) is 11.4 Å². The lowest BCUT2D eigenvalue weighted by atomic mass is 10.0. The molecule has 0 spiro atoms. The first-order valence-corrected chi connectivity index (χ1v) is 8.04. The van der Waals surface area contributed by atoms with E-state index in [1.54, 1.807) is 24.5 Å². The zero-order valence-electron chi connectivity index (χ0n) is 13.7. The third-order valence-electron chi connectivity index (χ3n) is 4.00. The molecule has 0 bridgehead atoms. The number of pyridine rings is 1. The molecular weight excluding hydrogens is 328 g/mol. The monoisotopic (exact) mass is 344 g/mol. The van der Waals surface area contributed by atoms with E-state index in [2.05, 4.69) is 20.5 Å². The molecule has 26 heavy (non-hydrogen) atoms. The van der Waals surface area contributed by atoms with Crippen LogP contribution in [-0.2, 0) is 0 Å². The van der Waals surface area contributed by atoms with E-state index in [-0.39, 0.29) is 11.5 Å². The van der Waals surface area contributed by atoms with Gasteiger partial charge < -0.3 is 15.5 Å². The first kappa shape index (κ1) is 15.7. The Hall–Kier alpha value is -3.80. The molecule has 0 aliphatic rings. The molecule has 2 aromatic heterocycles. The fourth-order valence-electron chi connectivity index (χ4n) is 2.71. The first-order valence-electron chi connectivity index (χ1n) is 8.04. The Labute approximate surface area is 149 Å². The summed E-state index contributed by atoms with van der Waals surface area (Å²) in [6.45, 7) is 0. The Morgan fingerprint density at radius 1 is 0.885 bits per heavy atom. The van der Waals surface area contributed by atoms with Crippen LogP contribution in [-0.4, -0.2) is 25.4 Å². The van der Waals surface area contributed by atoms with Gasteiger partial charge >= 0.3 is 0 Å². The van der Waals surface area contributed by atoms with Crippen molar-refractivity contribution in [1.82, 2.24) is 15.2 Å². The minimum Gasteiger partial charge on any atom is -0.508 e. The predicted molar refractivity (Wildman–Crippen MR) is 100 cm³/mol. The fourth-order valence-corrected chi connectivity index (χ4v) is 2.71. The molecule has 4 rings (SSSR count). The van der Waals surface area contributed by atoms with Gasteiger partial charge in [0.25, 0.3) is 0 Å². The molecular formula is C20H16N4O2. The maximum Gasteiger partial charge on any atom is 0.152 e. The molecule has 0 fully saturated rings. The second-order valence-electron chi connectivity index (χ2n) is 5.81.